The van der Waals surface area contributed by atoms with E-state index in [0.717, 1.165) is 109 Å². The number of amides is 6. The molecule has 76 heavy (non-hydrogen) atoms. The van der Waals surface area contributed by atoms with Crippen LogP contribution in [0, 0.1) is 12.3 Å². The highest BCUT2D eigenvalue weighted by Gasteiger charge is 2.44. The van der Waals surface area contributed by atoms with E-state index in [2.05, 4.69) is 38.2 Å². The number of aromatic nitrogens is 4. The Labute approximate surface area is 451 Å². The van der Waals surface area contributed by atoms with E-state index in [4.69, 9.17) is 9.94 Å². The van der Waals surface area contributed by atoms with Gasteiger partial charge in [-0.15, -0.1) is 16.4 Å². The molecule has 0 unspecified atom stereocenters. The third kappa shape index (κ3) is 18.3. The molecule has 410 valence electrons. The number of aliphatic hydroxyl groups is 1. The number of urea groups is 1. The third-order valence-electron chi connectivity index (χ3n) is 13.6. The second kappa shape index (κ2) is 29.6. The number of likely N-dealkylation sites (tertiary alicyclic amines) is 1. The van der Waals surface area contributed by atoms with E-state index >= 15 is 0 Å². The summed E-state index contributed by atoms with van der Waals surface area (Å²) < 4.78 is 7.86. The molecule has 1 aliphatic rings. The van der Waals surface area contributed by atoms with Crippen LogP contribution in [0.25, 0.3) is 10.4 Å². The number of anilines is 1. The fraction of sp³-hybridized carbons (Fsp3) is 0.509. The Kier molecular flexibility index (Phi) is 22.8. The van der Waals surface area contributed by atoms with Crippen LogP contribution in [0.15, 0.2) is 84.5 Å². The largest absolute Gasteiger partial charge is 0.494 e. The Balaban J connectivity index is 0.804. The van der Waals surface area contributed by atoms with E-state index in [1.54, 1.807) is 46.0 Å². The quantitative estimate of drug-likeness (QED) is 0.0150. The number of hydroxylamine groups is 1. The Hall–Kier alpha value is -6.70. The highest BCUT2D eigenvalue weighted by atomic mass is 32.1. The van der Waals surface area contributed by atoms with Crippen LogP contribution < -0.4 is 26.2 Å². The van der Waals surface area contributed by atoms with Crippen molar-refractivity contribution in [2.24, 2.45) is 5.41 Å². The first-order valence-electron chi connectivity index (χ1n) is 26.9. The molecule has 19 heteroatoms. The average molecular weight is 1060 g/mol. The molecule has 5 aromatic rings. The van der Waals surface area contributed by atoms with Crippen molar-refractivity contribution in [2.45, 2.75) is 162 Å². The van der Waals surface area contributed by atoms with Crippen molar-refractivity contribution in [2.75, 3.05) is 25.0 Å². The minimum absolute atomic E-state index is 0.0186. The molecule has 0 bridgehead atoms. The first-order valence-corrected chi connectivity index (χ1v) is 27.8. The zero-order chi connectivity index (χ0) is 54.5. The summed E-state index contributed by atoms with van der Waals surface area (Å²) in [7, 11) is 0. The van der Waals surface area contributed by atoms with Gasteiger partial charge >= 0.3 is 6.03 Å². The minimum atomic E-state index is -0.880. The lowest BCUT2D eigenvalue weighted by Gasteiger charge is -2.35. The Morgan fingerprint density at radius 1 is 0.868 bits per heavy atom. The zero-order valence-electron chi connectivity index (χ0n) is 44.9. The number of aliphatic hydroxyl groups excluding tert-OH is 1. The van der Waals surface area contributed by atoms with E-state index < -0.39 is 29.5 Å². The number of aryl methyl sites for hydroxylation is 3. The van der Waals surface area contributed by atoms with Crippen LogP contribution in [0.3, 0.4) is 0 Å². The molecule has 18 nitrogen and oxygen atoms in total. The van der Waals surface area contributed by atoms with Gasteiger partial charge in [0.2, 0.25) is 17.7 Å². The Morgan fingerprint density at radius 2 is 1.57 bits per heavy atom. The first-order chi connectivity index (χ1) is 36.6. The van der Waals surface area contributed by atoms with Gasteiger partial charge in [-0.05, 0) is 104 Å². The number of carbonyl (C=O) groups excluding carboxylic acids is 5. The number of hydrogen-bond donors (Lipinski definition) is 6. The standard InChI is InChI=1S/C57H78N10O8S/c1-6-7-31-65(36-42-21-25-44(26-22-42)53(70)63-74)56(73)60-45-27-29-48(30-28-45)75-33-16-12-10-8-9-11-15-32-66-37-46(62-64-66)17-13-14-18-50(69)61-52(57(3,4)5)55(72)67-38-47(68)34-49(67)54(71)58-35-41-19-23-43(24-20-41)51-40(2)59-39-76-51/h19-30,37,39,47,49,52,68,74H,6-18,31-36,38H2,1-5H3,(H,58,71)(H,60,73)(H,61,69)(H,63,70)/t47-,49+,52-/m1/s1. The van der Waals surface area contributed by atoms with Crippen LogP contribution in [0.5, 0.6) is 5.75 Å². The van der Waals surface area contributed by atoms with E-state index in [-0.39, 0.29) is 49.7 Å². The minimum Gasteiger partial charge on any atom is -0.494 e. The van der Waals surface area contributed by atoms with Crippen molar-refractivity contribution in [1.29, 1.82) is 0 Å². The number of hydrogen-bond acceptors (Lipinski definition) is 12. The number of unbranched alkanes of at least 4 members (excludes halogenated alkanes) is 8. The summed E-state index contributed by atoms with van der Waals surface area (Å²) in [5.41, 5.74) is 8.51. The van der Waals surface area contributed by atoms with Crippen molar-refractivity contribution in [3.05, 3.63) is 113 Å². The second-order valence-corrected chi connectivity index (χ2v) is 21.7. The average Bonchev–Trinajstić information content (AvgIpc) is 4.18. The normalized spacial score (nSPS) is 14.8. The monoisotopic (exact) mass is 1060 g/mol. The topological polar surface area (TPSA) is 233 Å². The highest BCUT2D eigenvalue weighted by Crippen LogP contribution is 2.29. The van der Waals surface area contributed by atoms with Gasteiger partial charge in [0.05, 0.1) is 34.5 Å². The Morgan fingerprint density at radius 3 is 2.24 bits per heavy atom. The van der Waals surface area contributed by atoms with Gasteiger partial charge in [-0.2, -0.15) is 0 Å². The van der Waals surface area contributed by atoms with E-state index in [9.17, 15) is 29.1 Å². The fourth-order valence-electron chi connectivity index (χ4n) is 9.10. The summed E-state index contributed by atoms with van der Waals surface area (Å²) in [6, 6.07) is 20.2. The maximum atomic E-state index is 14.1. The third-order valence-corrected chi connectivity index (χ3v) is 14.5. The van der Waals surface area contributed by atoms with Crippen LogP contribution in [0.1, 0.15) is 144 Å². The number of β-amino-alcohol motifs (C(OH)–C–C–N with tert-alkyl or cyclic N) is 1. The van der Waals surface area contributed by atoms with Crippen LogP contribution in [-0.2, 0) is 40.4 Å². The molecular weight excluding hydrogens is 985 g/mol. The molecular formula is C57H78N10O8S. The number of ether oxygens (including phenoxy) is 1. The summed E-state index contributed by atoms with van der Waals surface area (Å²) in [5.74, 6) is -0.793. The summed E-state index contributed by atoms with van der Waals surface area (Å²) in [5, 5.41) is 37.0. The van der Waals surface area contributed by atoms with Crippen LogP contribution >= 0.6 is 11.3 Å². The van der Waals surface area contributed by atoms with Gasteiger partial charge in [-0.3, -0.25) is 29.1 Å². The van der Waals surface area contributed by atoms with Gasteiger partial charge in [0.15, 0.2) is 0 Å². The molecule has 1 saturated heterocycles. The van der Waals surface area contributed by atoms with E-state index in [0.29, 0.717) is 43.8 Å². The summed E-state index contributed by atoms with van der Waals surface area (Å²) in [6.45, 7) is 12.4. The van der Waals surface area contributed by atoms with Gasteiger partial charge in [0.25, 0.3) is 5.91 Å². The number of nitrogens with one attached hydrogen (secondary N) is 4. The Bertz CT molecular complexity index is 2620. The maximum Gasteiger partial charge on any atom is 0.322 e. The predicted octanol–water partition coefficient (Wildman–Crippen LogP) is 8.99. The number of thiazole rings is 1. The van der Waals surface area contributed by atoms with Crippen molar-refractivity contribution in [3.8, 4) is 16.2 Å². The lowest BCUT2D eigenvalue weighted by Crippen LogP contribution is -2.57. The molecule has 2 aromatic heterocycles. The molecule has 1 aliphatic heterocycles. The molecule has 3 atom stereocenters. The van der Waals surface area contributed by atoms with E-state index in [1.165, 1.54) is 4.90 Å². The molecule has 6 N–H and O–H groups in total. The molecule has 0 aliphatic carbocycles. The SMILES string of the molecule is CCCCN(Cc1ccc(C(=O)NO)cc1)C(=O)Nc1ccc(OCCCCCCCCCn2cc(CCCCC(=O)N[C@H](C(=O)N3C[C@H](O)C[C@H]3C(=O)NCc3ccc(-c4scnc4C)cc3)C(C)(C)C)nn2)cc1. The molecule has 0 radical (unpaired) electrons. The second-order valence-electron chi connectivity index (χ2n) is 20.8. The lowest BCUT2D eigenvalue weighted by molar-refractivity contribution is -0.144. The zero-order valence-corrected chi connectivity index (χ0v) is 45.7. The summed E-state index contributed by atoms with van der Waals surface area (Å²) in [4.78, 5) is 74.2. The van der Waals surface area contributed by atoms with E-state index in [1.807, 2.05) is 92.6 Å². The molecule has 6 rings (SSSR count). The van der Waals surface area contributed by atoms with Crippen molar-refractivity contribution < 1.29 is 39.0 Å². The van der Waals surface area contributed by atoms with Crippen molar-refractivity contribution in [1.82, 2.24) is 45.9 Å². The van der Waals surface area contributed by atoms with Gasteiger partial charge < -0.3 is 35.6 Å². The number of rotatable bonds is 29. The highest BCUT2D eigenvalue weighted by molar-refractivity contribution is 7.13. The van der Waals surface area contributed by atoms with Gasteiger partial charge in [0, 0.05) is 63.0 Å². The van der Waals surface area contributed by atoms with Gasteiger partial charge in [-0.25, -0.2) is 15.3 Å². The molecule has 6 amide bonds. The van der Waals surface area contributed by atoms with Crippen LogP contribution in [-0.4, -0.2) is 108 Å². The maximum absolute atomic E-state index is 14.1. The van der Waals surface area contributed by atoms with Gasteiger partial charge in [-0.1, -0.05) is 108 Å². The first kappa shape index (κ1) is 58.6. The van der Waals surface area contributed by atoms with Crippen molar-refractivity contribution in [3.63, 3.8) is 0 Å². The van der Waals surface area contributed by atoms with Gasteiger partial charge in [0.1, 0.15) is 17.8 Å². The predicted molar refractivity (Wildman–Crippen MR) is 294 cm³/mol. The lowest BCUT2D eigenvalue weighted by atomic mass is 9.85. The molecule has 3 heterocycles. The molecule has 1 fully saturated rings. The molecule has 3 aromatic carbocycles. The summed E-state index contributed by atoms with van der Waals surface area (Å²) >= 11 is 1.58. The summed E-state index contributed by atoms with van der Waals surface area (Å²) in [6.07, 6.45) is 12.9. The number of carbonyl (C=O) groups is 5. The smallest absolute Gasteiger partial charge is 0.322 e. The number of benzene rings is 3. The van der Waals surface area contributed by atoms with Crippen molar-refractivity contribution >= 4 is 46.7 Å². The van der Waals surface area contributed by atoms with Crippen LogP contribution in [0.4, 0.5) is 10.5 Å². The van der Waals surface area contributed by atoms with Crippen LogP contribution in [0.2, 0.25) is 0 Å². The molecule has 0 spiro atoms. The molecule has 0 saturated carbocycles. The fourth-order valence-corrected chi connectivity index (χ4v) is 9.91. The number of nitrogens with zero attached hydrogens (tertiary/aromatic N) is 6.